The molecule has 2 saturated carbocycles. The van der Waals surface area contributed by atoms with Crippen molar-refractivity contribution in [2.45, 2.75) is 148 Å². The molecular weight excluding hydrogens is 974 g/mol. The molecule has 350 valence electrons. The number of allylic oxidation sites excluding steroid dienone is 6. The van der Waals surface area contributed by atoms with E-state index < -0.39 is 30.3 Å². The fraction of sp³-hybridized carbons (Fsp3) is 0.600. The molecule has 14 heteroatoms. The molecule has 8 nitrogen and oxygen atoms in total. The van der Waals surface area contributed by atoms with E-state index in [1.807, 2.05) is 41.7 Å². The van der Waals surface area contributed by atoms with Crippen LogP contribution < -0.4 is 0 Å². The van der Waals surface area contributed by atoms with Gasteiger partial charge in [0.15, 0.2) is 0 Å². The summed E-state index contributed by atoms with van der Waals surface area (Å²) < 4.78 is 8.12. The SMILES string of the molecule is [B]=C[C@@H]1CC(O)[C@H](C/C=C\CCCC(=O)O)[C@H]1/C=C/[C@@H](O)CCc1sc(C)c(Br)c1CC.[B]=C[C@@H]1CC(O)[C@H](C/C=C\CCCC(=O)O)[C@H]1/C=C/[C@H](CC(C)c1cc(Br)c(C)s1)OC. The molecule has 0 amide bonds. The number of aryl methyl sites for hydroxylation is 3. The molecule has 2 aromatic rings. The van der Waals surface area contributed by atoms with Crippen LogP contribution in [0.2, 0.25) is 0 Å². The number of rotatable bonds is 26. The topological polar surface area (TPSA) is 145 Å². The van der Waals surface area contributed by atoms with Gasteiger partial charge in [-0.3, -0.25) is 0 Å². The van der Waals surface area contributed by atoms with Crippen molar-refractivity contribution in [2.75, 3.05) is 7.11 Å². The van der Waals surface area contributed by atoms with Crippen molar-refractivity contribution in [1.29, 1.82) is 0 Å². The fourth-order valence-corrected chi connectivity index (χ4v) is 12.7. The quantitative estimate of drug-likeness (QED) is 0.0356. The summed E-state index contributed by atoms with van der Waals surface area (Å²) in [6.07, 6.45) is 24.2. The van der Waals surface area contributed by atoms with Crippen LogP contribution in [0.25, 0.3) is 0 Å². The molecule has 2 aromatic heterocycles. The van der Waals surface area contributed by atoms with Crippen molar-refractivity contribution >= 4 is 93.4 Å². The first-order valence-electron chi connectivity index (χ1n) is 22.8. The summed E-state index contributed by atoms with van der Waals surface area (Å²) >= 11 is 10.9. The summed E-state index contributed by atoms with van der Waals surface area (Å²) in [5.41, 5.74) is 1.34. The molecule has 5 N–H and O–H groups in total. The maximum absolute atomic E-state index is 10.6. The molecule has 0 bridgehead atoms. The summed E-state index contributed by atoms with van der Waals surface area (Å²) in [5.74, 6) is 2.82. The number of hydrogen-bond acceptors (Lipinski definition) is 8. The fourth-order valence-electron chi connectivity index (χ4n) is 8.97. The van der Waals surface area contributed by atoms with Crippen LogP contribution >= 0.6 is 54.5 Å². The molecule has 2 aliphatic rings. The predicted molar refractivity (Wildman–Crippen MR) is 276 cm³/mol. The van der Waals surface area contributed by atoms with Crippen molar-refractivity contribution in [3.05, 3.63) is 88.7 Å². The van der Waals surface area contributed by atoms with E-state index >= 15 is 0 Å². The predicted octanol–water partition coefficient (Wildman–Crippen LogP) is 10.7. The third-order valence-electron chi connectivity index (χ3n) is 12.7. The van der Waals surface area contributed by atoms with Gasteiger partial charge >= 0.3 is 412 Å². The summed E-state index contributed by atoms with van der Waals surface area (Å²) in [5, 5.41) is 49.2. The van der Waals surface area contributed by atoms with Crippen LogP contribution in [-0.2, 0) is 27.2 Å². The molecule has 64 heavy (non-hydrogen) atoms. The van der Waals surface area contributed by atoms with Crippen LogP contribution in [0.15, 0.2) is 63.6 Å². The van der Waals surface area contributed by atoms with Crippen molar-refractivity contribution in [2.24, 2.45) is 35.5 Å². The number of unbranched alkanes of at least 4 members (excludes halogenated alkanes) is 2. The number of ether oxygens (including phenoxy) is 1. The normalized spacial score (nSPS) is 25.0. The Bertz CT molecular complexity index is 1870. The second-order valence-corrected chi connectivity index (χ2v) is 21.6. The van der Waals surface area contributed by atoms with E-state index in [9.17, 15) is 24.9 Å². The molecule has 0 spiro atoms. The van der Waals surface area contributed by atoms with Crippen molar-refractivity contribution in [1.82, 2.24) is 0 Å². The van der Waals surface area contributed by atoms with Gasteiger partial charge in [0.05, 0.1) is 0 Å². The van der Waals surface area contributed by atoms with Gasteiger partial charge in [-0.05, 0) is 0 Å². The standard InChI is InChI=1S/2C25H35BBrO4S/c1-16(24-14-22(27)17(2)32-24)12-19(31-3)10-11-20-18(15-26)13-23(28)21(20)8-6-4-5-7-9-25(29)30;1-3-19-23(32-16(2)25(19)27)13-11-18(28)10-12-20-17(15-26)14-22(29)21(20)8-6-4-5-7-9-24(30)31/h4,6,10-11,14-16,18-21,23,28H,5,7-9,12-13H2,1-3H3,(H,29,30);4,6,10,12,15,17-18,20-22,28-29H,3,5,7-9,11,13-14H2,1-2H3,(H,30,31)/b6-4-,11-10+;6-4-,12-10+/t16?,18-,19+,20-,21+,23?;17-,18+,20-,21+,22?/m00/s1. The molecule has 0 aliphatic heterocycles. The Morgan fingerprint density at radius 1 is 0.859 bits per heavy atom. The third kappa shape index (κ3) is 18.2. The van der Waals surface area contributed by atoms with Crippen LogP contribution in [0.3, 0.4) is 0 Å². The molecule has 2 aliphatic carbocycles. The van der Waals surface area contributed by atoms with Crippen LogP contribution in [0.5, 0.6) is 0 Å². The number of methoxy groups -OCH3 is 1. The van der Waals surface area contributed by atoms with Crippen LogP contribution in [0, 0.1) is 49.4 Å². The Balaban J connectivity index is 0.000000340. The van der Waals surface area contributed by atoms with E-state index in [0.29, 0.717) is 44.4 Å². The van der Waals surface area contributed by atoms with Gasteiger partial charge in [0.25, 0.3) is 0 Å². The van der Waals surface area contributed by atoms with Crippen LogP contribution in [0.1, 0.15) is 122 Å². The van der Waals surface area contributed by atoms with Gasteiger partial charge in [0.1, 0.15) is 0 Å². The number of thiophene rings is 2. The number of halogens is 2. The molecule has 0 aromatic carbocycles. The first-order valence-corrected chi connectivity index (χ1v) is 26.1. The van der Waals surface area contributed by atoms with Gasteiger partial charge in [-0.1, -0.05) is 0 Å². The molecule has 2 fully saturated rings. The molecule has 4 rings (SSSR count). The summed E-state index contributed by atoms with van der Waals surface area (Å²) in [7, 11) is 13.5. The van der Waals surface area contributed by atoms with E-state index in [4.69, 9.17) is 29.9 Å². The average Bonchev–Trinajstić information content (AvgIpc) is 3.96. The van der Waals surface area contributed by atoms with E-state index in [0.717, 1.165) is 43.0 Å². The minimum absolute atomic E-state index is 0.00504. The number of aliphatic hydroxyl groups excluding tert-OH is 3. The maximum atomic E-state index is 10.6. The zero-order valence-electron chi connectivity index (χ0n) is 38.3. The van der Waals surface area contributed by atoms with Gasteiger partial charge in [-0.2, -0.15) is 0 Å². The number of carbonyl (C=O) groups is 2. The van der Waals surface area contributed by atoms with E-state index in [1.165, 1.54) is 29.5 Å². The number of aliphatic hydroxyl groups is 3. The molecule has 2 radical (unpaired) electrons. The number of hydrogen-bond donors (Lipinski definition) is 5. The Morgan fingerprint density at radius 3 is 1.84 bits per heavy atom. The Hall–Kier alpha value is -2.03. The number of carboxylic acids is 2. The minimum atomic E-state index is -0.775. The monoisotopic (exact) mass is 1040 g/mol. The van der Waals surface area contributed by atoms with Crippen molar-refractivity contribution < 1.29 is 39.9 Å². The van der Waals surface area contributed by atoms with Gasteiger partial charge in [0, 0.05) is 0 Å². The van der Waals surface area contributed by atoms with Gasteiger partial charge < -0.3 is 0 Å². The second-order valence-electron chi connectivity index (χ2n) is 17.4. The molecule has 11 atom stereocenters. The van der Waals surface area contributed by atoms with Gasteiger partial charge in [-0.25, -0.2) is 0 Å². The summed E-state index contributed by atoms with van der Waals surface area (Å²) in [4.78, 5) is 26.5. The zero-order valence-corrected chi connectivity index (χ0v) is 43.1. The molecule has 0 saturated heterocycles. The van der Waals surface area contributed by atoms with Crippen molar-refractivity contribution in [3.63, 3.8) is 0 Å². The van der Waals surface area contributed by atoms with E-state index in [-0.39, 0.29) is 54.5 Å². The molecule has 2 heterocycles. The second kappa shape index (κ2) is 29.7. The van der Waals surface area contributed by atoms with Crippen molar-refractivity contribution in [3.8, 4) is 0 Å². The van der Waals surface area contributed by atoms with Crippen LogP contribution in [0.4, 0.5) is 0 Å². The van der Waals surface area contributed by atoms with E-state index in [2.05, 4.69) is 83.8 Å². The molecular formula is C50H70B2Br2O8S2. The summed E-state index contributed by atoms with van der Waals surface area (Å²) in [6, 6.07) is 2.20. The Labute approximate surface area is 409 Å². The summed E-state index contributed by atoms with van der Waals surface area (Å²) in [6.45, 7) is 8.62. The van der Waals surface area contributed by atoms with Gasteiger partial charge in [0.2, 0.25) is 0 Å². The number of aliphatic carboxylic acids is 2. The first-order chi connectivity index (χ1) is 30.5. The third-order valence-corrected chi connectivity index (χ3v) is 17.6. The average molecular weight is 1040 g/mol. The van der Waals surface area contributed by atoms with Gasteiger partial charge in [-0.15, -0.1) is 0 Å². The zero-order chi connectivity index (χ0) is 47.3. The first kappa shape index (κ1) is 56.3. The Morgan fingerprint density at radius 2 is 1.39 bits per heavy atom. The number of carboxylic acid groups (broad SMARTS) is 2. The van der Waals surface area contributed by atoms with E-state index in [1.54, 1.807) is 30.4 Å². The van der Waals surface area contributed by atoms with Crippen LogP contribution in [-0.4, -0.2) is 95.9 Å². The Kier molecular flexibility index (Phi) is 26.1. The molecule has 3 unspecified atom stereocenters.